The van der Waals surface area contributed by atoms with Gasteiger partial charge in [0.15, 0.2) is 6.61 Å². The highest BCUT2D eigenvalue weighted by molar-refractivity contribution is 9.10. The maximum absolute atomic E-state index is 12.6. The fraction of sp³-hybridized carbons (Fsp3) is 0.0385. The number of nitrogens with zero attached hydrogens (tertiary/aromatic N) is 1. The van der Waals surface area contributed by atoms with E-state index in [9.17, 15) is 9.59 Å². The van der Waals surface area contributed by atoms with Crippen LogP contribution in [0, 0.1) is 0 Å². The Hall–Kier alpha value is -3.97. The lowest BCUT2D eigenvalue weighted by molar-refractivity contribution is -0.123. The Balaban J connectivity index is 1.29. The number of amides is 1. The van der Waals surface area contributed by atoms with E-state index in [1.54, 1.807) is 42.5 Å². The van der Waals surface area contributed by atoms with Gasteiger partial charge in [-0.1, -0.05) is 52.3 Å². The van der Waals surface area contributed by atoms with Gasteiger partial charge in [-0.25, -0.2) is 10.2 Å². The summed E-state index contributed by atoms with van der Waals surface area (Å²) in [4.78, 5) is 24.5. The minimum absolute atomic E-state index is 0.151. The van der Waals surface area contributed by atoms with Crippen molar-refractivity contribution in [3.8, 4) is 11.5 Å². The van der Waals surface area contributed by atoms with Crippen LogP contribution in [0.25, 0.3) is 10.8 Å². The van der Waals surface area contributed by atoms with E-state index in [0.29, 0.717) is 17.1 Å². The molecule has 164 valence electrons. The van der Waals surface area contributed by atoms with Crippen LogP contribution in [0.3, 0.4) is 0 Å². The Morgan fingerprint density at radius 2 is 1.55 bits per heavy atom. The van der Waals surface area contributed by atoms with Gasteiger partial charge >= 0.3 is 5.97 Å². The summed E-state index contributed by atoms with van der Waals surface area (Å²) >= 11 is 3.34. The number of carbonyl (C=O) groups excluding carboxylic acids is 2. The third-order valence-corrected chi connectivity index (χ3v) is 5.22. The lowest BCUT2D eigenvalue weighted by Crippen LogP contribution is -2.24. The van der Waals surface area contributed by atoms with E-state index in [1.807, 2.05) is 48.5 Å². The van der Waals surface area contributed by atoms with E-state index >= 15 is 0 Å². The Kier molecular flexibility index (Phi) is 7.12. The summed E-state index contributed by atoms with van der Waals surface area (Å²) in [6, 6.07) is 27.2. The highest BCUT2D eigenvalue weighted by Crippen LogP contribution is 2.21. The topological polar surface area (TPSA) is 77.0 Å². The Labute approximate surface area is 199 Å². The Morgan fingerprint density at radius 3 is 2.33 bits per heavy atom. The first kappa shape index (κ1) is 22.2. The SMILES string of the molecule is O=C(COc1ccc(Br)cc1)N/N=C\c1ccc(OC(=O)c2cccc3ccccc23)cc1. The number of fused-ring (bicyclic) bond motifs is 1. The van der Waals surface area contributed by atoms with E-state index in [1.165, 1.54) is 6.21 Å². The van der Waals surface area contributed by atoms with Crippen molar-refractivity contribution in [2.75, 3.05) is 6.61 Å². The molecule has 0 aliphatic carbocycles. The second kappa shape index (κ2) is 10.6. The van der Waals surface area contributed by atoms with Gasteiger partial charge in [0.05, 0.1) is 11.8 Å². The molecule has 0 radical (unpaired) electrons. The first-order valence-corrected chi connectivity index (χ1v) is 10.9. The maximum Gasteiger partial charge on any atom is 0.344 e. The molecule has 0 unspecified atom stereocenters. The van der Waals surface area contributed by atoms with Crippen LogP contribution in [0.2, 0.25) is 0 Å². The molecule has 0 aliphatic heterocycles. The molecule has 0 aromatic heterocycles. The number of ether oxygens (including phenoxy) is 2. The first-order valence-electron chi connectivity index (χ1n) is 10.1. The number of hydrogen-bond donors (Lipinski definition) is 1. The lowest BCUT2D eigenvalue weighted by Gasteiger charge is -2.07. The van der Waals surface area contributed by atoms with E-state index in [0.717, 1.165) is 20.8 Å². The zero-order chi connectivity index (χ0) is 23.0. The number of rotatable bonds is 7. The molecule has 4 aromatic rings. The number of carbonyl (C=O) groups is 2. The van der Waals surface area contributed by atoms with Crippen molar-refractivity contribution in [1.82, 2.24) is 5.43 Å². The molecule has 6 nitrogen and oxygen atoms in total. The molecule has 0 atom stereocenters. The van der Waals surface area contributed by atoms with E-state index in [-0.39, 0.29) is 12.5 Å². The largest absolute Gasteiger partial charge is 0.484 e. The standard InChI is InChI=1S/C26H19BrN2O4/c27-20-10-14-21(15-11-20)32-17-25(30)29-28-16-18-8-12-22(13-9-18)33-26(31)24-7-3-5-19-4-1-2-6-23(19)24/h1-16H,17H2,(H,29,30)/b28-16-. The third kappa shape index (κ3) is 6.05. The normalized spacial score (nSPS) is 10.8. The predicted molar refractivity (Wildman–Crippen MR) is 131 cm³/mol. The Morgan fingerprint density at radius 1 is 0.848 bits per heavy atom. The van der Waals surface area contributed by atoms with Crippen molar-refractivity contribution in [3.63, 3.8) is 0 Å². The van der Waals surface area contributed by atoms with E-state index in [4.69, 9.17) is 9.47 Å². The number of nitrogens with one attached hydrogen (secondary N) is 1. The number of hydrogen-bond acceptors (Lipinski definition) is 5. The molecule has 0 aliphatic rings. The second-order valence-electron chi connectivity index (χ2n) is 7.02. The molecule has 0 spiro atoms. The molecular weight excluding hydrogens is 484 g/mol. The van der Waals surface area contributed by atoms with Crippen molar-refractivity contribution >= 4 is 44.8 Å². The summed E-state index contributed by atoms with van der Waals surface area (Å²) in [5.74, 6) is 0.198. The molecule has 4 aromatic carbocycles. The van der Waals surface area contributed by atoms with Gasteiger partial charge in [-0.15, -0.1) is 0 Å². The van der Waals surface area contributed by atoms with Gasteiger partial charge in [-0.05, 0) is 70.9 Å². The van der Waals surface area contributed by atoms with E-state index in [2.05, 4.69) is 26.5 Å². The highest BCUT2D eigenvalue weighted by atomic mass is 79.9. The van der Waals surface area contributed by atoms with Gasteiger partial charge in [0, 0.05) is 4.47 Å². The molecule has 0 bridgehead atoms. The molecule has 33 heavy (non-hydrogen) atoms. The minimum atomic E-state index is -0.425. The average molecular weight is 503 g/mol. The summed E-state index contributed by atoms with van der Waals surface area (Å²) in [5.41, 5.74) is 3.65. The molecular formula is C26H19BrN2O4. The summed E-state index contributed by atoms with van der Waals surface area (Å²) < 4.78 is 11.8. The van der Waals surface area contributed by atoms with E-state index < -0.39 is 5.97 Å². The predicted octanol–water partition coefficient (Wildman–Crippen LogP) is 5.35. The molecule has 0 fully saturated rings. The number of esters is 1. The van der Waals surface area contributed by atoms with Gasteiger partial charge in [0.2, 0.25) is 0 Å². The molecule has 1 N–H and O–H groups in total. The van der Waals surface area contributed by atoms with Crippen LogP contribution in [-0.2, 0) is 4.79 Å². The van der Waals surface area contributed by atoms with Crippen LogP contribution in [0.15, 0.2) is 101 Å². The van der Waals surface area contributed by atoms with Crippen molar-refractivity contribution < 1.29 is 19.1 Å². The summed E-state index contributed by atoms with van der Waals surface area (Å²) in [6.07, 6.45) is 1.49. The van der Waals surface area contributed by atoms with Crippen molar-refractivity contribution in [1.29, 1.82) is 0 Å². The summed E-state index contributed by atoms with van der Waals surface area (Å²) in [7, 11) is 0. The zero-order valence-corrected chi connectivity index (χ0v) is 19.0. The maximum atomic E-state index is 12.6. The monoisotopic (exact) mass is 502 g/mol. The summed E-state index contributed by atoms with van der Waals surface area (Å²) in [6.45, 7) is -0.151. The lowest BCUT2D eigenvalue weighted by atomic mass is 10.0. The molecule has 1 amide bonds. The van der Waals surface area contributed by atoms with Crippen LogP contribution in [-0.4, -0.2) is 24.7 Å². The van der Waals surface area contributed by atoms with Crippen molar-refractivity contribution in [2.24, 2.45) is 5.10 Å². The molecule has 0 saturated carbocycles. The van der Waals surface area contributed by atoms with Crippen LogP contribution in [0.4, 0.5) is 0 Å². The molecule has 4 rings (SSSR count). The quantitative estimate of drug-likeness (QED) is 0.160. The fourth-order valence-corrected chi connectivity index (χ4v) is 3.34. The number of halogens is 1. The number of benzene rings is 4. The third-order valence-electron chi connectivity index (χ3n) is 4.69. The zero-order valence-electron chi connectivity index (χ0n) is 17.4. The molecule has 0 heterocycles. The highest BCUT2D eigenvalue weighted by Gasteiger charge is 2.12. The van der Waals surface area contributed by atoms with Gasteiger partial charge in [0.1, 0.15) is 11.5 Å². The van der Waals surface area contributed by atoms with Crippen LogP contribution in [0.1, 0.15) is 15.9 Å². The summed E-state index contributed by atoms with van der Waals surface area (Å²) in [5, 5.41) is 5.74. The van der Waals surface area contributed by atoms with Crippen molar-refractivity contribution in [2.45, 2.75) is 0 Å². The van der Waals surface area contributed by atoms with Crippen LogP contribution >= 0.6 is 15.9 Å². The minimum Gasteiger partial charge on any atom is -0.484 e. The number of hydrazone groups is 1. The van der Waals surface area contributed by atoms with Crippen LogP contribution < -0.4 is 14.9 Å². The molecule has 7 heteroatoms. The molecule has 0 saturated heterocycles. The van der Waals surface area contributed by atoms with Gasteiger partial charge < -0.3 is 9.47 Å². The second-order valence-corrected chi connectivity index (χ2v) is 7.94. The fourth-order valence-electron chi connectivity index (χ4n) is 3.08. The first-order chi connectivity index (χ1) is 16.1. The van der Waals surface area contributed by atoms with Crippen LogP contribution in [0.5, 0.6) is 11.5 Å². The smallest absolute Gasteiger partial charge is 0.344 e. The van der Waals surface area contributed by atoms with Gasteiger partial charge in [-0.3, -0.25) is 4.79 Å². The van der Waals surface area contributed by atoms with Crippen molar-refractivity contribution in [3.05, 3.63) is 107 Å². The Bertz CT molecular complexity index is 1300. The van der Waals surface area contributed by atoms with Gasteiger partial charge in [-0.2, -0.15) is 5.10 Å². The van der Waals surface area contributed by atoms with Gasteiger partial charge in [0.25, 0.3) is 5.91 Å². The average Bonchev–Trinajstić information content (AvgIpc) is 2.84.